The number of pyridine rings is 1. The van der Waals surface area contributed by atoms with E-state index in [9.17, 15) is 18.5 Å². The maximum Gasteiger partial charge on any atom is 0.407 e. The molecule has 6 rings (SSSR count). The smallest absolute Gasteiger partial charge is 0.407 e. The van der Waals surface area contributed by atoms with Crippen LogP contribution in [0.4, 0.5) is 10.5 Å². The van der Waals surface area contributed by atoms with Gasteiger partial charge in [0.15, 0.2) is 0 Å². The van der Waals surface area contributed by atoms with E-state index in [1.807, 2.05) is 30.3 Å². The van der Waals surface area contributed by atoms with Gasteiger partial charge in [0, 0.05) is 56.6 Å². The van der Waals surface area contributed by atoms with Crippen LogP contribution < -0.4 is 10.2 Å². The maximum atomic E-state index is 12.9. The third-order valence-corrected chi connectivity index (χ3v) is 11.9. The molecule has 3 fully saturated rings. The lowest BCUT2D eigenvalue weighted by molar-refractivity contribution is 0.0307. The molecule has 9 nitrogen and oxygen atoms in total. The molecule has 10 heteroatoms. The number of amides is 1. The second-order valence-corrected chi connectivity index (χ2v) is 14.6. The number of nitrogens with zero attached hydrogens (tertiary/aromatic N) is 4. The highest BCUT2D eigenvalue weighted by atomic mass is 32.2. The van der Waals surface area contributed by atoms with E-state index in [0.29, 0.717) is 5.92 Å². The van der Waals surface area contributed by atoms with Gasteiger partial charge < -0.3 is 19.9 Å². The molecule has 1 aromatic heterocycles. The standard InChI is InChI=1S/C35H41N5O4S/c1-37-34(41)44-33-9-5-8-32(33)35(25-36,27-6-3-2-4-7-27)28-16-20-39(21-17-28)22-26-23-40(24-26)29-10-12-30(13-11-29)45(42,43)31-14-18-38-19-15-31/h2-4,6-7,10-15,18-19,26,28,32-33H,5,8-9,16-17,20-24H2,1H3,(H,37,41)/t32-,33+,35-/m0/s1. The fourth-order valence-corrected chi connectivity index (χ4v) is 9.06. The molecular weight excluding hydrogens is 586 g/mol. The maximum absolute atomic E-state index is 12.9. The number of hydrogen-bond acceptors (Lipinski definition) is 8. The topological polar surface area (TPSA) is 116 Å². The molecule has 3 aromatic rings. The van der Waals surface area contributed by atoms with Gasteiger partial charge >= 0.3 is 6.09 Å². The van der Waals surface area contributed by atoms with E-state index in [-0.39, 0.29) is 27.7 Å². The number of alkyl carbamates (subject to hydrolysis) is 1. The van der Waals surface area contributed by atoms with E-state index in [1.165, 1.54) is 24.5 Å². The Bertz CT molecular complexity index is 1600. The lowest BCUT2D eigenvalue weighted by Crippen LogP contribution is -2.54. The van der Waals surface area contributed by atoms with Crippen molar-refractivity contribution in [3.63, 3.8) is 0 Å². The molecule has 0 bridgehead atoms. The molecule has 236 valence electrons. The zero-order valence-corrected chi connectivity index (χ0v) is 26.5. The SMILES string of the molecule is CNC(=O)O[C@@H]1CCC[C@@H]1[C@@](C#N)(c1ccccc1)C1CCN(CC2CN(c3ccc(S(=O)(=O)c4ccncc4)cc3)C2)CC1. The molecule has 0 unspecified atom stereocenters. The van der Waals surface area contributed by atoms with Crippen LogP contribution in [0.25, 0.3) is 0 Å². The number of aromatic nitrogens is 1. The van der Waals surface area contributed by atoms with Gasteiger partial charge in [-0.15, -0.1) is 0 Å². The van der Waals surface area contributed by atoms with Crippen LogP contribution in [0.3, 0.4) is 0 Å². The number of carbonyl (C=O) groups is 1. The highest BCUT2D eigenvalue weighted by Gasteiger charge is 2.53. The summed E-state index contributed by atoms with van der Waals surface area (Å²) in [6, 6.07) is 23.2. The predicted molar refractivity (Wildman–Crippen MR) is 171 cm³/mol. The summed E-state index contributed by atoms with van der Waals surface area (Å²) in [5.74, 6) is 0.682. The molecule has 2 aliphatic heterocycles. The first-order chi connectivity index (χ1) is 21.8. The fourth-order valence-electron chi connectivity index (χ4n) is 7.81. The molecular formula is C35H41N5O4S. The van der Waals surface area contributed by atoms with E-state index < -0.39 is 21.3 Å². The van der Waals surface area contributed by atoms with E-state index in [4.69, 9.17) is 4.74 Å². The van der Waals surface area contributed by atoms with Crippen molar-refractivity contribution >= 4 is 21.6 Å². The van der Waals surface area contributed by atoms with E-state index in [1.54, 1.807) is 19.2 Å². The van der Waals surface area contributed by atoms with Crippen molar-refractivity contribution in [2.24, 2.45) is 17.8 Å². The first-order valence-electron chi connectivity index (χ1n) is 15.9. The molecule has 1 N–H and O–H groups in total. The van der Waals surface area contributed by atoms with Gasteiger partial charge in [-0.05, 0) is 93.1 Å². The van der Waals surface area contributed by atoms with Crippen molar-refractivity contribution in [1.29, 1.82) is 5.26 Å². The Hall–Kier alpha value is -3.94. The van der Waals surface area contributed by atoms with E-state index in [0.717, 1.165) is 76.1 Å². The molecule has 1 aliphatic carbocycles. The summed E-state index contributed by atoms with van der Waals surface area (Å²) in [6.07, 6.45) is 6.74. The molecule has 45 heavy (non-hydrogen) atoms. The van der Waals surface area contributed by atoms with Crippen LogP contribution in [0.5, 0.6) is 0 Å². The largest absolute Gasteiger partial charge is 0.446 e. The molecule has 3 atom stereocenters. The van der Waals surface area contributed by atoms with Crippen molar-refractivity contribution in [3.8, 4) is 6.07 Å². The molecule has 2 aromatic carbocycles. The van der Waals surface area contributed by atoms with Crippen LogP contribution in [0.1, 0.15) is 37.7 Å². The molecule has 3 aliphatic rings. The summed E-state index contributed by atoms with van der Waals surface area (Å²) in [4.78, 5) is 21.5. The van der Waals surface area contributed by atoms with Gasteiger partial charge in [-0.2, -0.15) is 5.26 Å². The molecule has 0 spiro atoms. The third-order valence-electron chi connectivity index (χ3n) is 10.1. The van der Waals surface area contributed by atoms with Crippen LogP contribution in [-0.4, -0.2) is 70.3 Å². The van der Waals surface area contributed by atoms with Gasteiger partial charge in [-0.1, -0.05) is 30.3 Å². The lowest BCUT2D eigenvalue weighted by Gasteiger charge is -2.47. The second kappa shape index (κ2) is 13.2. The van der Waals surface area contributed by atoms with Gasteiger partial charge in [-0.25, -0.2) is 13.2 Å². The van der Waals surface area contributed by atoms with Gasteiger partial charge in [0.05, 0.1) is 21.3 Å². The number of ether oxygens (including phenoxy) is 1. The fraction of sp³-hybridized carbons (Fsp3) is 0.457. The highest BCUT2D eigenvalue weighted by molar-refractivity contribution is 7.91. The minimum atomic E-state index is -3.56. The van der Waals surface area contributed by atoms with Crippen molar-refractivity contribution in [2.45, 2.75) is 53.4 Å². The van der Waals surface area contributed by atoms with Crippen LogP contribution in [0.2, 0.25) is 0 Å². The van der Waals surface area contributed by atoms with Crippen molar-refractivity contribution < 1.29 is 17.9 Å². The van der Waals surface area contributed by atoms with Crippen molar-refractivity contribution in [2.75, 3.05) is 44.7 Å². The molecule has 0 radical (unpaired) electrons. The normalized spacial score (nSPS) is 22.6. The number of hydrogen-bond donors (Lipinski definition) is 1. The monoisotopic (exact) mass is 627 g/mol. The Labute approximate surface area is 266 Å². The second-order valence-electron chi connectivity index (χ2n) is 12.6. The Morgan fingerprint density at radius 3 is 2.29 bits per heavy atom. The number of benzene rings is 2. The zero-order chi connectivity index (χ0) is 31.4. The summed E-state index contributed by atoms with van der Waals surface area (Å²) in [5.41, 5.74) is 1.37. The molecule has 3 heterocycles. The van der Waals surface area contributed by atoms with Crippen LogP contribution in [0, 0.1) is 29.1 Å². The molecule has 1 amide bonds. The highest BCUT2D eigenvalue weighted by Crippen LogP contribution is 2.51. The van der Waals surface area contributed by atoms with Crippen LogP contribution in [-0.2, 0) is 20.0 Å². The number of nitrogens with one attached hydrogen (secondary N) is 1. The van der Waals surface area contributed by atoms with Crippen molar-refractivity contribution in [3.05, 3.63) is 84.7 Å². The van der Waals surface area contributed by atoms with Crippen LogP contribution >= 0.6 is 0 Å². The summed E-state index contributed by atoms with van der Waals surface area (Å²) < 4.78 is 31.7. The summed E-state index contributed by atoms with van der Waals surface area (Å²) in [5, 5.41) is 13.5. The first-order valence-corrected chi connectivity index (χ1v) is 17.4. The average molecular weight is 628 g/mol. The number of piperidine rings is 1. The van der Waals surface area contributed by atoms with Gasteiger partial charge in [0.25, 0.3) is 0 Å². The minimum Gasteiger partial charge on any atom is -0.446 e. The summed E-state index contributed by atoms with van der Waals surface area (Å²) in [6.45, 7) is 4.75. The minimum absolute atomic E-state index is 0.0370. The van der Waals surface area contributed by atoms with Gasteiger partial charge in [0.2, 0.25) is 9.84 Å². The third kappa shape index (κ3) is 6.16. The number of rotatable bonds is 9. The summed E-state index contributed by atoms with van der Waals surface area (Å²) >= 11 is 0. The van der Waals surface area contributed by atoms with Crippen LogP contribution in [0.15, 0.2) is 88.9 Å². The van der Waals surface area contributed by atoms with E-state index in [2.05, 4.69) is 38.3 Å². The number of carbonyl (C=O) groups excluding carboxylic acids is 1. The Morgan fingerprint density at radius 1 is 0.978 bits per heavy atom. The Kier molecular flexibility index (Phi) is 9.11. The predicted octanol–water partition coefficient (Wildman–Crippen LogP) is 5.05. The zero-order valence-electron chi connectivity index (χ0n) is 25.7. The lowest BCUT2D eigenvalue weighted by atomic mass is 9.59. The average Bonchev–Trinajstić information content (AvgIpc) is 3.53. The number of sulfone groups is 1. The quantitative estimate of drug-likeness (QED) is 0.351. The Morgan fingerprint density at radius 2 is 1.64 bits per heavy atom. The summed E-state index contributed by atoms with van der Waals surface area (Å²) in [7, 11) is -1.99. The number of nitriles is 1. The van der Waals surface area contributed by atoms with Crippen molar-refractivity contribution in [1.82, 2.24) is 15.2 Å². The molecule has 2 saturated heterocycles. The first kappa shape index (κ1) is 31.1. The van der Waals surface area contributed by atoms with Gasteiger partial charge in [-0.3, -0.25) is 4.98 Å². The van der Waals surface area contributed by atoms with Gasteiger partial charge in [0.1, 0.15) is 6.10 Å². The Balaban J connectivity index is 1.07. The van der Waals surface area contributed by atoms with E-state index >= 15 is 0 Å². The number of likely N-dealkylation sites (tertiary alicyclic amines) is 1. The number of anilines is 1. The molecule has 1 saturated carbocycles.